The highest BCUT2D eigenvalue weighted by molar-refractivity contribution is 6.08. The lowest BCUT2D eigenvalue weighted by atomic mass is 10.1. The summed E-state index contributed by atoms with van der Waals surface area (Å²) in [6.45, 7) is 3.55. The summed E-state index contributed by atoms with van der Waals surface area (Å²) < 4.78 is 2.00. The highest BCUT2D eigenvalue weighted by atomic mass is 16.1. The first-order valence-corrected chi connectivity index (χ1v) is 4.88. The largest absolute Gasteiger partial charge is 0.399 e. The summed E-state index contributed by atoms with van der Waals surface area (Å²) in [6.07, 6.45) is 0. The van der Waals surface area contributed by atoms with E-state index < -0.39 is 0 Å². The molecule has 0 aliphatic carbocycles. The average Bonchev–Trinajstić information content (AvgIpc) is 2.41. The second-order valence-electron chi connectivity index (χ2n) is 3.85. The van der Waals surface area contributed by atoms with E-state index in [0.717, 1.165) is 27.8 Å². The van der Waals surface area contributed by atoms with Gasteiger partial charge in [0.1, 0.15) is 0 Å². The van der Waals surface area contributed by atoms with Gasteiger partial charge in [0.15, 0.2) is 5.78 Å². The van der Waals surface area contributed by atoms with E-state index in [0.29, 0.717) is 0 Å². The van der Waals surface area contributed by atoms with E-state index in [1.54, 1.807) is 6.92 Å². The van der Waals surface area contributed by atoms with Gasteiger partial charge in [0.2, 0.25) is 0 Å². The highest BCUT2D eigenvalue weighted by Crippen LogP contribution is 2.26. The van der Waals surface area contributed by atoms with Crippen LogP contribution in [-0.4, -0.2) is 10.4 Å². The number of rotatable bonds is 1. The zero-order valence-corrected chi connectivity index (χ0v) is 9.16. The van der Waals surface area contributed by atoms with E-state index in [4.69, 9.17) is 5.73 Å². The first-order chi connectivity index (χ1) is 7.02. The van der Waals surface area contributed by atoms with E-state index in [9.17, 15) is 4.79 Å². The molecule has 0 aliphatic rings. The molecule has 78 valence electrons. The van der Waals surface area contributed by atoms with Crippen molar-refractivity contribution < 1.29 is 4.79 Å². The van der Waals surface area contributed by atoms with Crippen molar-refractivity contribution in [1.29, 1.82) is 0 Å². The maximum Gasteiger partial charge on any atom is 0.162 e. The van der Waals surface area contributed by atoms with Gasteiger partial charge in [-0.3, -0.25) is 4.79 Å². The summed E-state index contributed by atoms with van der Waals surface area (Å²) in [7, 11) is 1.95. The maximum atomic E-state index is 11.5. The van der Waals surface area contributed by atoms with Crippen LogP contribution < -0.4 is 5.73 Å². The van der Waals surface area contributed by atoms with Gasteiger partial charge in [-0.05, 0) is 26.0 Å². The van der Waals surface area contributed by atoms with Crippen LogP contribution in [0.4, 0.5) is 5.69 Å². The summed E-state index contributed by atoms with van der Waals surface area (Å²) in [5, 5.41) is 0.983. The number of aromatic nitrogens is 1. The number of benzene rings is 1. The summed E-state index contributed by atoms with van der Waals surface area (Å²) in [5.41, 5.74) is 9.25. The van der Waals surface area contributed by atoms with Gasteiger partial charge in [0.25, 0.3) is 0 Å². The molecule has 3 nitrogen and oxygen atoms in total. The number of hydrogen-bond donors (Lipinski definition) is 1. The lowest BCUT2D eigenvalue weighted by Crippen LogP contribution is -1.96. The number of carbonyl (C=O) groups excluding carboxylic acids is 1. The first-order valence-electron chi connectivity index (χ1n) is 4.88. The molecule has 1 aromatic heterocycles. The minimum absolute atomic E-state index is 0.0999. The number of fused-ring (bicyclic) bond motifs is 1. The van der Waals surface area contributed by atoms with E-state index in [2.05, 4.69) is 0 Å². The molecule has 0 fully saturated rings. The predicted octanol–water partition coefficient (Wildman–Crippen LogP) is 2.27. The molecule has 2 aromatic rings. The third kappa shape index (κ3) is 1.31. The molecular weight excluding hydrogens is 188 g/mol. The van der Waals surface area contributed by atoms with Crippen molar-refractivity contribution in [2.45, 2.75) is 13.8 Å². The number of aryl methyl sites for hydroxylation is 1. The van der Waals surface area contributed by atoms with Crippen LogP contribution in [0.25, 0.3) is 10.9 Å². The number of nitrogen functional groups attached to an aromatic ring is 1. The topological polar surface area (TPSA) is 48.0 Å². The molecule has 0 bridgehead atoms. The number of Topliss-reactive ketones (excluding diaryl/α,β-unsaturated/α-hetero) is 1. The zero-order valence-electron chi connectivity index (χ0n) is 9.16. The monoisotopic (exact) mass is 202 g/mol. The number of anilines is 1. The summed E-state index contributed by atoms with van der Waals surface area (Å²) in [4.78, 5) is 11.5. The smallest absolute Gasteiger partial charge is 0.162 e. The molecule has 0 saturated carbocycles. The Balaban J connectivity index is 2.93. The Hall–Kier alpha value is -1.77. The lowest BCUT2D eigenvalue weighted by molar-refractivity contribution is 0.101. The maximum absolute atomic E-state index is 11.5. The molecular formula is C12H14N2O. The molecule has 0 radical (unpaired) electrons. The molecule has 0 amide bonds. The van der Waals surface area contributed by atoms with Gasteiger partial charge in [0, 0.05) is 29.4 Å². The molecule has 1 heterocycles. The molecule has 0 spiro atoms. The minimum atomic E-state index is 0.0999. The number of carbonyl (C=O) groups is 1. The molecule has 1 aromatic carbocycles. The summed E-state index contributed by atoms with van der Waals surface area (Å²) in [5.74, 6) is 0.0999. The second-order valence-corrected chi connectivity index (χ2v) is 3.85. The van der Waals surface area contributed by atoms with Crippen molar-refractivity contribution in [3.8, 4) is 0 Å². The molecule has 15 heavy (non-hydrogen) atoms. The van der Waals surface area contributed by atoms with Crippen molar-refractivity contribution in [3.63, 3.8) is 0 Å². The van der Waals surface area contributed by atoms with Crippen molar-refractivity contribution in [1.82, 2.24) is 4.57 Å². The van der Waals surface area contributed by atoms with Crippen LogP contribution in [0.15, 0.2) is 18.2 Å². The Morgan fingerprint density at radius 3 is 2.67 bits per heavy atom. The number of hydrogen-bond acceptors (Lipinski definition) is 2. The molecule has 0 saturated heterocycles. The first kappa shape index (κ1) is 9.77. The lowest BCUT2D eigenvalue weighted by Gasteiger charge is -1.98. The zero-order chi connectivity index (χ0) is 11.2. The third-order valence-electron chi connectivity index (χ3n) is 2.87. The van der Waals surface area contributed by atoms with E-state index >= 15 is 0 Å². The van der Waals surface area contributed by atoms with E-state index in [1.165, 1.54) is 0 Å². The molecule has 3 heteroatoms. The SMILES string of the molecule is CC(=O)c1c(C)n(C)c2cc(N)ccc12. The van der Waals surface area contributed by atoms with Crippen LogP contribution >= 0.6 is 0 Å². The van der Waals surface area contributed by atoms with Crippen LogP contribution in [0, 0.1) is 6.92 Å². The van der Waals surface area contributed by atoms with Crippen LogP contribution in [-0.2, 0) is 7.05 Å². The molecule has 0 unspecified atom stereocenters. The standard InChI is InChI=1S/C12H14N2O/c1-7-12(8(2)15)10-5-4-9(13)6-11(10)14(7)3/h4-6H,13H2,1-3H3. The van der Waals surface area contributed by atoms with E-state index in [1.807, 2.05) is 36.7 Å². The number of nitrogens with two attached hydrogens (primary N) is 1. The van der Waals surface area contributed by atoms with Crippen molar-refractivity contribution in [3.05, 3.63) is 29.5 Å². The predicted molar refractivity (Wildman–Crippen MR) is 62.1 cm³/mol. The van der Waals surface area contributed by atoms with Crippen LogP contribution in [0.2, 0.25) is 0 Å². The van der Waals surface area contributed by atoms with Gasteiger partial charge in [0.05, 0.1) is 5.52 Å². The number of ketones is 1. The fourth-order valence-electron chi connectivity index (χ4n) is 2.03. The van der Waals surface area contributed by atoms with Gasteiger partial charge >= 0.3 is 0 Å². The Morgan fingerprint density at radius 2 is 2.07 bits per heavy atom. The van der Waals surface area contributed by atoms with Crippen molar-refractivity contribution in [2.75, 3.05) is 5.73 Å². The van der Waals surface area contributed by atoms with Crippen LogP contribution in [0.3, 0.4) is 0 Å². The third-order valence-corrected chi connectivity index (χ3v) is 2.87. The number of nitrogens with zero attached hydrogens (tertiary/aromatic N) is 1. The van der Waals surface area contributed by atoms with Gasteiger partial charge in [-0.2, -0.15) is 0 Å². The Labute approximate surface area is 88.5 Å². The average molecular weight is 202 g/mol. The van der Waals surface area contributed by atoms with Crippen LogP contribution in [0.1, 0.15) is 23.0 Å². The van der Waals surface area contributed by atoms with E-state index in [-0.39, 0.29) is 5.78 Å². The normalized spacial score (nSPS) is 10.9. The summed E-state index contributed by atoms with van der Waals surface area (Å²) >= 11 is 0. The van der Waals surface area contributed by atoms with Gasteiger partial charge in [-0.1, -0.05) is 6.07 Å². The highest BCUT2D eigenvalue weighted by Gasteiger charge is 2.14. The fraction of sp³-hybridized carbons (Fsp3) is 0.250. The van der Waals surface area contributed by atoms with Gasteiger partial charge in [-0.15, -0.1) is 0 Å². The fourth-order valence-corrected chi connectivity index (χ4v) is 2.03. The van der Waals surface area contributed by atoms with Gasteiger partial charge < -0.3 is 10.3 Å². The summed E-state index contributed by atoms with van der Waals surface area (Å²) in [6, 6.07) is 5.64. The Kier molecular flexibility index (Phi) is 2.03. The van der Waals surface area contributed by atoms with Crippen molar-refractivity contribution in [2.24, 2.45) is 7.05 Å². The molecule has 2 rings (SSSR count). The Bertz CT molecular complexity index is 552. The molecule has 0 aliphatic heterocycles. The van der Waals surface area contributed by atoms with Crippen molar-refractivity contribution >= 4 is 22.4 Å². The Morgan fingerprint density at radius 1 is 1.40 bits per heavy atom. The minimum Gasteiger partial charge on any atom is -0.399 e. The molecule has 2 N–H and O–H groups in total. The second kappa shape index (κ2) is 3.12. The van der Waals surface area contributed by atoms with Crippen LogP contribution in [0.5, 0.6) is 0 Å². The van der Waals surface area contributed by atoms with Gasteiger partial charge in [-0.25, -0.2) is 0 Å². The molecule has 0 atom stereocenters. The quantitative estimate of drug-likeness (QED) is 0.569.